The molecule has 4 heteroatoms. The smallest absolute Gasteiger partial charge is 0.305 e. The summed E-state index contributed by atoms with van der Waals surface area (Å²) in [7, 11) is 1.36. The Kier molecular flexibility index (Phi) is 7.51. The van der Waals surface area contributed by atoms with Crippen molar-refractivity contribution in [2.75, 3.05) is 13.7 Å². The number of hydrogen-bond donors (Lipinski definition) is 0. The number of esters is 1. The maximum absolute atomic E-state index is 12.2. The number of rotatable bonds is 9. The molecule has 0 aliphatic heterocycles. The average molecular weight is 292 g/mol. The average Bonchev–Trinajstić information content (AvgIpc) is 2.52. The molecule has 21 heavy (non-hydrogen) atoms. The van der Waals surface area contributed by atoms with Gasteiger partial charge in [0.25, 0.3) is 0 Å². The maximum Gasteiger partial charge on any atom is 0.305 e. The van der Waals surface area contributed by atoms with Gasteiger partial charge < -0.3 is 9.47 Å². The molecule has 0 fully saturated rings. The van der Waals surface area contributed by atoms with E-state index in [9.17, 15) is 9.59 Å². The highest BCUT2D eigenvalue weighted by Gasteiger charge is 2.12. The molecule has 0 saturated carbocycles. The third kappa shape index (κ3) is 5.58. The number of carbonyl (C=O) groups is 2. The molecule has 116 valence electrons. The first-order valence-electron chi connectivity index (χ1n) is 7.48. The van der Waals surface area contributed by atoms with Crippen molar-refractivity contribution in [3.8, 4) is 5.75 Å². The molecule has 1 aromatic carbocycles. The molecule has 0 aromatic heterocycles. The molecule has 0 unspecified atom stereocenters. The van der Waals surface area contributed by atoms with Gasteiger partial charge in [-0.05, 0) is 43.0 Å². The van der Waals surface area contributed by atoms with E-state index in [0.717, 1.165) is 29.7 Å². The predicted octanol–water partition coefficient (Wildman–Crippen LogP) is 3.56. The van der Waals surface area contributed by atoms with E-state index in [-0.39, 0.29) is 18.2 Å². The summed E-state index contributed by atoms with van der Waals surface area (Å²) in [4.78, 5) is 23.3. The van der Waals surface area contributed by atoms with E-state index in [4.69, 9.17) is 4.74 Å². The Balaban J connectivity index is 2.68. The van der Waals surface area contributed by atoms with Crippen LogP contribution in [0, 0.1) is 0 Å². The zero-order chi connectivity index (χ0) is 15.7. The molecule has 0 amide bonds. The molecule has 0 radical (unpaired) electrons. The van der Waals surface area contributed by atoms with Crippen LogP contribution in [0.1, 0.15) is 55.5 Å². The van der Waals surface area contributed by atoms with Gasteiger partial charge in [0, 0.05) is 18.4 Å². The van der Waals surface area contributed by atoms with Crippen molar-refractivity contribution in [1.82, 2.24) is 0 Å². The molecule has 0 bridgehead atoms. The van der Waals surface area contributed by atoms with Crippen LogP contribution < -0.4 is 4.74 Å². The Morgan fingerprint density at radius 2 is 1.90 bits per heavy atom. The zero-order valence-corrected chi connectivity index (χ0v) is 13.1. The molecule has 0 N–H and O–H groups in total. The zero-order valence-electron chi connectivity index (χ0n) is 13.1. The summed E-state index contributed by atoms with van der Waals surface area (Å²) in [6.45, 7) is 4.75. The summed E-state index contributed by atoms with van der Waals surface area (Å²) in [5.74, 6) is 0.597. The van der Waals surface area contributed by atoms with Crippen molar-refractivity contribution >= 4 is 11.8 Å². The fraction of sp³-hybridized carbons (Fsp3) is 0.529. The Morgan fingerprint density at radius 1 is 1.14 bits per heavy atom. The molecule has 1 rings (SSSR count). The molecular weight excluding hydrogens is 268 g/mol. The highest BCUT2D eigenvalue weighted by atomic mass is 16.5. The van der Waals surface area contributed by atoms with Crippen LogP contribution in [0.2, 0.25) is 0 Å². The molecule has 0 heterocycles. The third-order valence-electron chi connectivity index (χ3n) is 3.24. The first kappa shape index (κ1) is 17.2. The lowest BCUT2D eigenvalue weighted by molar-refractivity contribution is -0.140. The highest BCUT2D eigenvalue weighted by molar-refractivity contribution is 5.97. The molecule has 0 aliphatic rings. The van der Waals surface area contributed by atoms with Crippen molar-refractivity contribution in [2.24, 2.45) is 0 Å². The topological polar surface area (TPSA) is 52.6 Å². The Hall–Kier alpha value is -1.84. The quantitative estimate of drug-likeness (QED) is 0.516. The minimum atomic E-state index is -0.276. The van der Waals surface area contributed by atoms with Crippen molar-refractivity contribution < 1.29 is 19.1 Å². The van der Waals surface area contributed by atoms with Crippen LogP contribution in [0.15, 0.2) is 18.2 Å². The van der Waals surface area contributed by atoms with E-state index >= 15 is 0 Å². The molecule has 1 aromatic rings. The van der Waals surface area contributed by atoms with Gasteiger partial charge in [-0.1, -0.05) is 13.8 Å². The predicted molar refractivity (Wildman–Crippen MR) is 81.8 cm³/mol. The second-order valence-electron chi connectivity index (χ2n) is 4.87. The molecule has 0 aliphatic carbocycles. The Bertz CT molecular complexity index is 480. The van der Waals surface area contributed by atoms with E-state index < -0.39 is 0 Å². The number of methoxy groups -OCH3 is 1. The summed E-state index contributed by atoms with van der Waals surface area (Å²) >= 11 is 0. The molecule has 0 atom stereocenters. The van der Waals surface area contributed by atoms with Gasteiger partial charge in [0.1, 0.15) is 5.75 Å². The largest absolute Gasteiger partial charge is 0.494 e. The van der Waals surface area contributed by atoms with Crippen molar-refractivity contribution in [1.29, 1.82) is 0 Å². The summed E-state index contributed by atoms with van der Waals surface area (Å²) in [5, 5.41) is 0. The minimum Gasteiger partial charge on any atom is -0.494 e. The van der Waals surface area contributed by atoms with E-state index in [2.05, 4.69) is 11.7 Å². The second kappa shape index (κ2) is 9.16. The number of ketones is 1. The van der Waals surface area contributed by atoms with Gasteiger partial charge in [0.05, 0.1) is 13.7 Å². The van der Waals surface area contributed by atoms with Gasteiger partial charge in [0.15, 0.2) is 5.78 Å². The Labute approximate surface area is 126 Å². The fourth-order valence-corrected chi connectivity index (χ4v) is 2.07. The van der Waals surface area contributed by atoms with Crippen LogP contribution in [0.5, 0.6) is 5.75 Å². The summed E-state index contributed by atoms with van der Waals surface area (Å²) < 4.78 is 10.2. The van der Waals surface area contributed by atoms with Crippen molar-refractivity contribution in [3.05, 3.63) is 29.3 Å². The monoisotopic (exact) mass is 292 g/mol. The minimum absolute atomic E-state index is 0.0674. The number of benzene rings is 1. The number of ether oxygens (including phenoxy) is 2. The van der Waals surface area contributed by atoms with Crippen LogP contribution in [0.25, 0.3) is 0 Å². The van der Waals surface area contributed by atoms with E-state index in [1.807, 2.05) is 25.1 Å². The lowest BCUT2D eigenvalue weighted by Gasteiger charge is -2.10. The summed E-state index contributed by atoms with van der Waals surface area (Å²) in [6, 6.07) is 5.59. The SMILES string of the molecule is CCCOc1ccc(C(=O)CCCC(=O)OC)c(CC)c1. The lowest BCUT2D eigenvalue weighted by Crippen LogP contribution is -2.06. The normalized spacial score (nSPS) is 10.2. The van der Waals surface area contributed by atoms with Gasteiger partial charge in [-0.2, -0.15) is 0 Å². The third-order valence-corrected chi connectivity index (χ3v) is 3.24. The van der Waals surface area contributed by atoms with Crippen LogP contribution in [0.4, 0.5) is 0 Å². The lowest BCUT2D eigenvalue weighted by atomic mass is 9.98. The fourth-order valence-electron chi connectivity index (χ4n) is 2.07. The van der Waals surface area contributed by atoms with Crippen molar-refractivity contribution in [2.45, 2.75) is 46.0 Å². The maximum atomic E-state index is 12.2. The highest BCUT2D eigenvalue weighted by Crippen LogP contribution is 2.21. The van der Waals surface area contributed by atoms with E-state index in [1.165, 1.54) is 7.11 Å². The van der Waals surface area contributed by atoms with Crippen LogP contribution in [0.3, 0.4) is 0 Å². The van der Waals surface area contributed by atoms with Gasteiger partial charge in [-0.25, -0.2) is 0 Å². The van der Waals surface area contributed by atoms with E-state index in [1.54, 1.807) is 0 Å². The molecule has 0 saturated heterocycles. The number of hydrogen-bond acceptors (Lipinski definition) is 4. The molecule has 4 nitrogen and oxygen atoms in total. The number of aryl methyl sites for hydroxylation is 1. The van der Waals surface area contributed by atoms with Gasteiger partial charge in [-0.3, -0.25) is 9.59 Å². The Morgan fingerprint density at radius 3 is 2.52 bits per heavy atom. The first-order chi connectivity index (χ1) is 10.1. The van der Waals surface area contributed by atoms with Gasteiger partial charge in [0.2, 0.25) is 0 Å². The van der Waals surface area contributed by atoms with Crippen LogP contribution in [-0.2, 0) is 16.0 Å². The number of Topliss-reactive ketones (excluding diaryl/α,β-unsaturated/α-hetero) is 1. The molecule has 0 spiro atoms. The number of carbonyl (C=O) groups excluding carboxylic acids is 2. The summed E-state index contributed by atoms with van der Waals surface area (Å²) in [6.07, 6.45) is 2.89. The van der Waals surface area contributed by atoms with Gasteiger partial charge in [-0.15, -0.1) is 0 Å². The second-order valence-corrected chi connectivity index (χ2v) is 4.87. The van der Waals surface area contributed by atoms with Gasteiger partial charge >= 0.3 is 5.97 Å². The van der Waals surface area contributed by atoms with Crippen LogP contribution in [-0.4, -0.2) is 25.5 Å². The van der Waals surface area contributed by atoms with E-state index in [0.29, 0.717) is 19.4 Å². The standard InChI is InChI=1S/C17H24O4/c1-4-11-21-14-9-10-15(13(5-2)12-14)16(18)7-6-8-17(19)20-3/h9-10,12H,4-8,11H2,1-3H3. The molecular formula is C17H24O4. The summed E-state index contributed by atoms with van der Waals surface area (Å²) in [5.41, 5.74) is 1.72. The first-order valence-corrected chi connectivity index (χ1v) is 7.48. The van der Waals surface area contributed by atoms with Crippen molar-refractivity contribution in [3.63, 3.8) is 0 Å². The van der Waals surface area contributed by atoms with Crippen LogP contribution >= 0.6 is 0 Å².